The van der Waals surface area contributed by atoms with Gasteiger partial charge in [0.2, 0.25) is 0 Å². The van der Waals surface area contributed by atoms with Crippen molar-refractivity contribution in [3.8, 4) is 0 Å². The molecule has 2 heterocycles. The number of piperidine rings is 1. The largest absolute Gasteiger partial charge is 0.379 e. The summed E-state index contributed by atoms with van der Waals surface area (Å²) in [4.78, 5) is 8.15. The van der Waals surface area contributed by atoms with Gasteiger partial charge in [-0.05, 0) is 38.1 Å². The molecule has 4 nitrogen and oxygen atoms in total. The lowest BCUT2D eigenvalue weighted by molar-refractivity contribution is 0.286. The monoisotopic (exact) mass is 246 g/mol. The molecule has 0 radical (unpaired) electrons. The molecule has 1 aromatic rings. The Bertz CT molecular complexity index is 361. The number of aromatic nitrogens is 2. The molecule has 4 heteroatoms. The molecule has 1 aromatic heterocycles. The van der Waals surface area contributed by atoms with E-state index >= 15 is 0 Å². The van der Waals surface area contributed by atoms with E-state index in [4.69, 9.17) is 0 Å². The molecule has 2 aliphatic rings. The van der Waals surface area contributed by atoms with Crippen LogP contribution in [0.3, 0.4) is 0 Å². The minimum Gasteiger partial charge on any atom is -0.379 e. The summed E-state index contributed by atoms with van der Waals surface area (Å²) in [6, 6.07) is 1.30. The summed E-state index contributed by atoms with van der Waals surface area (Å²) in [5.41, 5.74) is 1.06. The van der Waals surface area contributed by atoms with Crippen molar-refractivity contribution < 1.29 is 0 Å². The molecule has 0 aromatic carbocycles. The fourth-order valence-corrected chi connectivity index (χ4v) is 3.48. The van der Waals surface area contributed by atoms with Gasteiger partial charge in [-0.1, -0.05) is 12.8 Å². The van der Waals surface area contributed by atoms with Gasteiger partial charge < -0.3 is 10.6 Å². The summed E-state index contributed by atoms with van der Waals surface area (Å²) in [6.45, 7) is 1.20. The van der Waals surface area contributed by atoms with Gasteiger partial charge in [0.05, 0.1) is 18.1 Å². The van der Waals surface area contributed by atoms with Crippen LogP contribution in [0.4, 0.5) is 5.69 Å². The van der Waals surface area contributed by atoms with E-state index in [1.165, 1.54) is 45.1 Å². The van der Waals surface area contributed by atoms with E-state index in [1.54, 1.807) is 6.33 Å². The average Bonchev–Trinajstić information content (AvgIpc) is 2.89. The fourth-order valence-electron chi connectivity index (χ4n) is 3.48. The van der Waals surface area contributed by atoms with Crippen molar-refractivity contribution in [3.05, 3.63) is 18.7 Å². The van der Waals surface area contributed by atoms with E-state index in [0.717, 1.165) is 11.6 Å². The highest BCUT2D eigenvalue weighted by Crippen LogP contribution is 2.33. The van der Waals surface area contributed by atoms with E-state index in [1.807, 2.05) is 12.4 Å². The predicted octanol–water partition coefficient (Wildman–Crippen LogP) is 2.20. The minimum absolute atomic E-state index is 0.589. The van der Waals surface area contributed by atoms with Crippen LogP contribution in [0.15, 0.2) is 18.7 Å². The zero-order valence-electron chi connectivity index (χ0n) is 10.8. The van der Waals surface area contributed by atoms with E-state index in [-0.39, 0.29) is 0 Å². The van der Waals surface area contributed by atoms with E-state index in [2.05, 4.69) is 20.6 Å². The van der Waals surface area contributed by atoms with Gasteiger partial charge in [0.1, 0.15) is 6.33 Å². The van der Waals surface area contributed by atoms with Gasteiger partial charge in [-0.25, -0.2) is 9.97 Å². The Morgan fingerprint density at radius 2 is 1.94 bits per heavy atom. The fraction of sp³-hybridized carbons (Fsp3) is 0.714. The van der Waals surface area contributed by atoms with Crippen molar-refractivity contribution >= 4 is 5.69 Å². The van der Waals surface area contributed by atoms with Crippen LogP contribution in [0.25, 0.3) is 0 Å². The van der Waals surface area contributed by atoms with Crippen LogP contribution in [0, 0.1) is 5.92 Å². The summed E-state index contributed by atoms with van der Waals surface area (Å²) in [6.07, 6.45) is 13.4. The lowest BCUT2D eigenvalue weighted by Gasteiger charge is -2.33. The van der Waals surface area contributed by atoms with Crippen LogP contribution >= 0.6 is 0 Å². The molecule has 3 unspecified atom stereocenters. The van der Waals surface area contributed by atoms with Crippen molar-refractivity contribution in [2.75, 3.05) is 11.9 Å². The minimum atomic E-state index is 0.589. The maximum atomic E-state index is 4.08. The van der Waals surface area contributed by atoms with Crippen LogP contribution < -0.4 is 10.6 Å². The van der Waals surface area contributed by atoms with Crippen molar-refractivity contribution in [3.63, 3.8) is 0 Å². The highest BCUT2D eigenvalue weighted by atomic mass is 15.0. The molecule has 18 heavy (non-hydrogen) atoms. The summed E-state index contributed by atoms with van der Waals surface area (Å²) < 4.78 is 0. The van der Waals surface area contributed by atoms with Crippen LogP contribution in [0.1, 0.15) is 38.5 Å². The van der Waals surface area contributed by atoms with Gasteiger partial charge in [0.15, 0.2) is 0 Å². The number of rotatable bonds is 3. The predicted molar refractivity (Wildman–Crippen MR) is 72.4 cm³/mol. The Kier molecular flexibility index (Phi) is 3.74. The standard InChI is InChI=1S/C14H22N4/c1-2-7-17-13(5-1)12-4-3-6-14(12)18-11-8-15-10-16-9-11/h8-10,12-14,17-18H,1-7H2. The molecular formula is C14H22N4. The SMILES string of the molecule is c1ncc(NC2CCCC2C2CCCCN2)cn1. The molecule has 0 amide bonds. The number of hydrogen-bond acceptors (Lipinski definition) is 4. The Balaban J connectivity index is 1.63. The second kappa shape index (κ2) is 5.65. The van der Waals surface area contributed by atoms with E-state index in [9.17, 15) is 0 Å². The first-order valence-corrected chi connectivity index (χ1v) is 7.18. The summed E-state index contributed by atoms with van der Waals surface area (Å²) in [5.74, 6) is 0.769. The van der Waals surface area contributed by atoms with Gasteiger partial charge in [-0.3, -0.25) is 0 Å². The van der Waals surface area contributed by atoms with Gasteiger partial charge >= 0.3 is 0 Å². The third kappa shape index (κ3) is 2.64. The molecule has 1 saturated heterocycles. The smallest absolute Gasteiger partial charge is 0.115 e. The Morgan fingerprint density at radius 1 is 1.06 bits per heavy atom. The van der Waals surface area contributed by atoms with Crippen LogP contribution in [-0.4, -0.2) is 28.6 Å². The lowest BCUT2D eigenvalue weighted by Crippen LogP contribution is -2.44. The van der Waals surface area contributed by atoms with Gasteiger partial charge in [0, 0.05) is 12.1 Å². The highest BCUT2D eigenvalue weighted by Gasteiger charge is 2.34. The zero-order chi connectivity index (χ0) is 12.2. The molecule has 0 spiro atoms. The zero-order valence-corrected chi connectivity index (χ0v) is 10.8. The topological polar surface area (TPSA) is 49.8 Å². The molecular weight excluding hydrogens is 224 g/mol. The number of nitrogens with zero attached hydrogens (tertiary/aromatic N) is 2. The van der Waals surface area contributed by atoms with E-state index in [0.29, 0.717) is 12.1 Å². The molecule has 1 saturated carbocycles. The van der Waals surface area contributed by atoms with E-state index < -0.39 is 0 Å². The normalized spacial score (nSPS) is 32.3. The Morgan fingerprint density at radius 3 is 2.72 bits per heavy atom. The second-order valence-corrected chi connectivity index (χ2v) is 5.53. The molecule has 0 bridgehead atoms. The maximum absolute atomic E-state index is 4.08. The molecule has 1 aliphatic heterocycles. The average molecular weight is 246 g/mol. The first-order valence-electron chi connectivity index (χ1n) is 7.18. The van der Waals surface area contributed by atoms with Crippen LogP contribution in [0.2, 0.25) is 0 Å². The van der Waals surface area contributed by atoms with Crippen molar-refractivity contribution in [1.29, 1.82) is 0 Å². The van der Waals surface area contributed by atoms with Gasteiger partial charge in [-0.2, -0.15) is 0 Å². The lowest BCUT2D eigenvalue weighted by atomic mass is 9.88. The third-order valence-electron chi connectivity index (χ3n) is 4.35. The number of hydrogen-bond donors (Lipinski definition) is 2. The molecule has 3 atom stereocenters. The third-order valence-corrected chi connectivity index (χ3v) is 4.35. The number of anilines is 1. The Hall–Kier alpha value is -1.16. The summed E-state index contributed by atoms with van der Waals surface area (Å²) >= 11 is 0. The van der Waals surface area contributed by atoms with Gasteiger partial charge in [0.25, 0.3) is 0 Å². The van der Waals surface area contributed by atoms with Crippen molar-refractivity contribution in [2.45, 2.75) is 50.6 Å². The molecule has 2 N–H and O–H groups in total. The van der Waals surface area contributed by atoms with Crippen molar-refractivity contribution in [1.82, 2.24) is 15.3 Å². The van der Waals surface area contributed by atoms with Crippen molar-refractivity contribution in [2.24, 2.45) is 5.92 Å². The molecule has 98 valence electrons. The van der Waals surface area contributed by atoms with Crippen LogP contribution in [0.5, 0.6) is 0 Å². The Labute approximate surface area is 109 Å². The van der Waals surface area contributed by atoms with Crippen LogP contribution in [-0.2, 0) is 0 Å². The summed E-state index contributed by atoms with van der Waals surface area (Å²) in [7, 11) is 0. The first-order chi connectivity index (χ1) is 8.93. The second-order valence-electron chi connectivity index (χ2n) is 5.53. The number of nitrogens with one attached hydrogen (secondary N) is 2. The molecule has 1 aliphatic carbocycles. The summed E-state index contributed by atoms with van der Waals surface area (Å²) in [5, 5.41) is 7.33. The maximum Gasteiger partial charge on any atom is 0.115 e. The quantitative estimate of drug-likeness (QED) is 0.858. The van der Waals surface area contributed by atoms with Gasteiger partial charge in [-0.15, -0.1) is 0 Å². The molecule has 3 rings (SSSR count). The highest BCUT2D eigenvalue weighted by molar-refractivity contribution is 5.39. The molecule has 2 fully saturated rings. The first kappa shape index (κ1) is 11.9.